The average Bonchev–Trinajstić information content (AvgIpc) is 2.79. The summed E-state index contributed by atoms with van der Waals surface area (Å²) in [5.74, 6) is -1.78. The molecular formula is C27H26ClFO4. The lowest BCUT2D eigenvalue weighted by atomic mass is 9.67. The van der Waals surface area contributed by atoms with Gasteiger partial charge >= 0.3 is 5.97 Å². The van der Waals surface area contributed by atoms with E-state index in [-0.39, 0.29) is 24.9 Å². The van der Waals surface area contributed by atoms with E-state index in [0.717, 1.165) is 16.7 Å². The highest BCUT2D eigenvalue weighted by Crippen LogP contribution is 2.49. The van der Waals surface area contributed by atoms with E-state index in [2.05, 4.69) is 0 Å². The molecule has 2 aliphatic rings. The van der Waals surface area contributed by atoms with Crippen LogP contribution in [0.15, 0.2) is 70.8 Å². The molecule has 2 aromatic carbocycles. The smallest absolute Gasteiger partial charge is 0.335 e. The predicted molar refractivity (Wildman–Crippen MR) is 125 cm³/mol. The first-order valence-electron chi connectivity index (χ1n) is 11.0. The Hall–Kier alpha value is -2.76. The second-order valence-corrected chi connectivity index (χ2v) is 8.99. The summed E-state index contributed by atoms with van der Waals surface area (Å²) in [6, 6.07) is 13.9. The molecule has 0 aromatic heterocycles. The Morgan fingerprint density at radius 1 is 1.09 bits per heavy atom. The number of hydrogen-bond donors (Lipinski definition) is 0. The first-order chi connectivity index (χ1) is 15.9. The number of ketones is 1. The number of carbonyl (C=O) groups is 2. The van der Waals surface area contributed by atoms with Crippen molar-refractivity contribution in [3.63, 3.8) is 0 Å². The number of allylic oxidation sites excluding steroid dienone is 3. The predicted octanol–water partition coefficient (Wildman–Crippen LogP) is 5.92. The normalized spacial score (nSPS) is 20.7. The van der Waals surface area contributed by atoms with Crippen LogP contribution in [0.5, 0.6) is 0 Å². The molecule has 33 heavy (non-hydrogen) atoms. The lowest BCUT2D eigenvalue weighted by Crippen LogP contribution is -2.30. The van der Waals surface area contributed by atoms with Crippen molar-refractivity contribution in [2.45, 2.75) is 38.0 Å². The number of halogens is 2. The lowest BCUT2D eigenvalue weighted by molar-refractivity contribution is -0.140. The van der Waals surface area contributed by atoms with Crippen LogP contribution in [-0.2, 0) is 19.1 Å². The van der Waals surface area contributed by atoms with Crippen molar-refractivity contribution in [1.82, 2.24) is 0 Å². The monoisotopic (exact) mass is 468 g/mol. The molecule has 2 aromatic rings. The van der Waals surface area contributed by atoms with Crippen LogP contribution in [0.25, 0.3) is 0 Å². The van der Waals surface area contributed by atoms with Gasteiger partial charge in [-0.1, -0.05) is 53.1 Å². The van der Waals surface area contributed by atoms with Gasteiger partial charge in [-0.3, -0.25) is 4.79 Å². The number of methoxy groups -OCH3 is 1. The zero-order chi connectivity index (χ0) is 23.5. The van der Waals surface area contributed by atoms with E-state index >= 15 is 0 Å². The van der Waals surface area contributed by atoms with Gasteiger partial charge in [0.2, 0.25) is 0 Å². The van der Waals surface area contributed by atoms with E-state index in [9.17, 15) is 14.0 Å². The molecule has 0 bridgehead atoms. The van der Waals surface area contributed by atoms with Crippen molar-refractivity contribution in [3.05, 3.63) is 92.8 Å². The van der Waals surface area contributed by atoms with Crippen LogP contribution in [-0.4, -0.2) is 32.1 Å². The summed E-state index contributed by atoms with van der Waals surface area (Å²) in [6.07, 6.45) is 1.47. The third kappa shape index (κ3) is 4.80. The lowest BCUT2D eigenvalue weighted by Gasteiger charge is -2.36. The molecule has 6 heteroatoms. The summed E-state index contributed by atoms with van der Waals surface area (Å²) in [5.41, 5.74) is 4.02. The van der Waals surface area contributed by atoms with Crippen LogP contribution in [0, 0.1) is 5.82 Å². The average molecular weight is 469 g/mol. The van der Waals surface area contributed by atoms with E-state index in [0.29, 0.717) is 41.0 Å². The van der Waals surface area contributed by atoms with Crippen molar-refractivity contribution in [2.75, 3.05) is 20.3 Å². The van der Waals surface area contributed by atoms with Gasteiger partial charge < -0.3 is 9.47 Å². The largest absolute Gasteiger partial charge is 0.460 e. The highest BCUT2D eigenvalue weighted by molar-refractivity contribution is 6.30. The first kappa shape index (κ1) is 23.4. The zero-order valence-corrected chi connectivity index (χ0v) is 19.5. The Bertz CT molecular complexity index is 1130. The van der Waals surface area contributed by atoms with Crippen molar-refractivity contribution in [2.24, 2.45) is 0 Å². The van der Waals surface area contributed by atoms with Crippen molar-refractivity contribution in [1.29, 1.82) is 0 Å². The van der Waals surface area contributed by atoms with Crippen LogP contribution in [0.4, 0.5) is 4.39 Å². The number of ether oxygens (including phenoxy) is 2. The molecule has 0 saturated carbocycles. The number of benzene rings is 2. The fourth-order valence-electron chi connectivity index (χ4n) is 4.93. The maximum atomic E-state index is 15.0. The third-order valence-corrected chi connectivity index (χ3v) is 6.67. The Balaban J connectivity index is 1.76. The molecule has 0 amide bonds. The topological polar surface area (TPSA) is 52.6 Å². The molecule has 2 unspecified atom stereocenters. The van der Waals surface area contributed by atoms with Gasteiger partial charge in [0.25, 0.3) is 0 Å². The molecule has 172 valence electrons. The molecule has 2 atom stereocenters. The number of hydrogen-bond acceptors (Lipinski definition) is 4. The highest BCUT2D eigenvalue weighted by Gasteiger charge is 2.41. The maximum absolute atomic E-state index is 15.0. The number of rotatable bonds is 6. The molecule has 0 heterocycles. The van der Waals surface area contributed by atoms with Crippen molar-refractivity contribution < 1.29 is 23.5 Å². The van der Waals surface area contributed by atoms with Gasteiger partial charge in [0, 0.05) is 41.2 Å². The minimum Gasteiger partial charge on any atom is -0.460 e. The van der Waals surface area contributed by atoms with Gasteiger partial charge in [-0.25, -0.2) is 9.18 Å². The molecule has 0 saturated heterocycles. The number of carbonyl (C=O) groups excluding carboxylic acids is 2. The van der Waals surface area contributed by atoms with Crippen LogP contribution in [0.1, 0.15) is 49.1 Å². The second-order valence-electron chi connectivity index (χ2n) is 8.55. The van der Waals surface area contributed by atoms with Gasteiger partial charge in [-0.2, -0.15) is 0 Å². The van der Waals surface area contributed by atoms with E-state index in [1.807, 2.05) is 31.2 Å². The summed E-state index contributed by atoms with van der Waals surface area (Å²) >= 11 is 6.03. The minimum atomic E-state index is -0.774. The van der Waals surface area contributed by atoms with Gasteiger partial charge in [-0.15, -0.1) is 0 Å². The van der Waals surface area contributed by atoms with Gasteiger partial charge in [0.15, 0.2) is 5.78 Å². The molecule has 4 rings (SSSR count). The standard InChI is InChI=1S/C27H26ClFO4/c1-16-13-19-14-18(17-7-9-20(28)10-8-17)15-23(30)25(19)26(21-5-3-4-6-22(21)29)24(16)27(31)33-12-11-32-2/h3-10,18,26H,11-15H2,1-2H3. The fourth-order valence-corrected chi connectivity index (χ4v) is 5.05. The summed E-state index contributed by atoms with van der Waals surface area (Å²) in [4.78, 5) is 26.6. The minimum absolute atomic E-state index is 0.0257. The third-order valence-electron chi connectivity index (χ3n) is 6.42. The van der Waals surface area contributed by atoms with E-state index < -0.39 is 17.7 Å². The van der Waals surface area contributed by atoms with Crippen LogP contribution < -0.4 is 0 Å². The molecule has 0 fully saturated rings. The first-order valence-corrected chi connectivity index (χ1v) is 11.4. The van der Waals surface area contributed by atoms with Crippen LogP contribution >= 0.6 is 11.6 Å². The Kier molecular flexibility index (Phi) is 7.11. The molecule has 0 aliphatic heterocycles. The zero-order valence-electron chi connectivity index (χ0n) is 18.7. The highest BCUT2D eigenvalue weighted by atomic mass is 35.5. The number of Topliss-reactive ketones (excluding diaryl/α,β-unsaturated/α-hetero) is 1. The quantitative estimate of drug-likeness (QED) is 0.390. The van der Waals surface area contributed by atoms with Gasteiger partial charge in [-0.05, 0) is 49.4 Å². The van der Waals surface area contributed by atoms with Crippen molar-refractivity contribution >= 4 is 23.4 Å². The fraction of sp³-hybridized carbons (Fsp3) is 0.333. The summed E-state index contributed by atoms with van der Waals surface area (Å²) < 4.78 is 25.4. The summed E-state index contributed by atoms with van der Waals surface area (Å²) in [5, 5.41) is 0.647. The Morgan fingerprint density at radius 3 is 2.52 bits per heavy atom. The van der Waals surface area contributed by atoms with Gasteiger partial charge in [0.05, 0.1) is 6.61 Å². The summed E-state index contributed by atoms with van der Waals surface area (Å²) in [7, 11) is 1.52. The van der Waals surface area contributed by atoms with E-state index in [1.165, 1.54) is 13.2 Å². The second kappa shape index (κ2) is 10.0. The number of esters is 1. The van der Waals surface area contributed by atoms with Crippen LogP contribution in [0.3, 0.4) is 0 Å². The Labute approximate surface area is 198 Å². The molecular weight excluding hydrogens is 443 g/mol. The van der Waals surface area contributed by atoms with E-state index in [4.69, 9.17) is 21.1 Å². The molecule has 0 spiro atoms. The molecule has 0 N–H and O–H groups in total. The summed E-state index contributed by atoms with van der Waals surface area (Å²) in [6.45, 7) is 2.22. The van der Waals surface area contributed by atoms with E-state index in [1.54, 1.807) is 18.2 Å². The van der Waals surface area contributed by atoms with Crippen molar-refractivity contribution in [3.8, 4) is 0 Å². The Morgan fingerprint density at radius 2 is 1.82 bits per heavy atom. The molecule has 0 radical (unpaired) electrons. The molecule has 2 aliphatic carbocycles. The SMILES string of the molecule is COCCOC(=O)C1=C(C)CC2=C(C(=O)CC(c3ccc(Cl)cc3)C2)C1c1ccccc1F. The van der Waals surface area contributed by atoms with Gasteiger partial charge in [0.1, 0.15) is 12.4 Å². The molecule has 4 nitrogen and oxygen atoms in total. The maximum Gasteiger partial charge on any atom is 0.335 e. The van der Waals surface area contributed by atoms with Crippen LogP contribution in [0.2, 0.25) is 5.02 Å².